The van der Waals surface area contributed by atoms with E-state index in [4.69, 9.17) is 0 Å². The lowest BCUT2D eigenvalue weighted by Gasteiger charge is -2.19. The molecule has 1 aromatic rings. The molecule has 0 N–H and O–H groups in total. The van der Waals surface area contributed by atoms with Gasteiger partial charge in [0.05, 0.1) is 18.2 Å². The number of aromatic nitrogens is 2. The lowest BCUT2D eigenvalue weighted by atomic mass is 9.84. The van der Waals surface area contributed by atoms with Gasteiger partial charge in [-0.05, 0) is 50.0 Å². The van der Waals surface area contributed by atoms with Gasteiger partial charge in [-0.25, -0.2) is 0 Å². The van der Waals surface area contributed by atoms with Gasteiger partial charge in [-0.2, -0.15) is 5.10 Å². The molecule has 3 heteroatoms. The van der Waals surface area contributed by atoms with Crippen LogP contribution in [0.5, 0.6) is 0 Å². The molecule has 2 saturated carbocycles. The van der Waals surface area contributed by atoms with Gasteiger partial charge in [0, 0.05) is 12.1 Å². The van der Waals surface area contributed by atoms with E-state index in [1.165, 1.54) is 19.3 Å². The predicted molar refractivity (Wildman–Crippen MR) is 79.5 cm³/mol. The number of fused-ring (bicyclic) bond motifs is 2. The maximum Gasteiger partial charge on any atom is 0.142 e. The topological polar surface area (TPSA) is 34.9 Å². The summed E-state index contributed by atoms with van der Waals surface area (Å²) in [4.78, 5) is 12.5. The zero-order chi connectivity index (χ0) is 14.1. The number of hydrogen-bond acceptors (Lipinski definition) is 2. The summed E-state index contributed by atoms with van der Waals surface area (Å²) in [6, 6.07) is 2.50. The van der Waals surface area contributed by atoms with Crippen molar-refractivity contribution in [3.8, 4) is 0 Å². The fraction of sp³-hybridized carbons (Fsp3) is 0.765. The number of Topliss-reactive ketones (excluding diaryl/α,β-unsaturated/α-hetero) is 1. The summed E-state index contributed by atoms with van der Waals surface area (Å²) >= 11 is 0. The molecule has 0 spiro atoms. The highest BCUT2D eigenvalue weighted by Crippen LogP contribution is 2.48. The second kappa shape index (κ2) is 5.71. The van der Waals surface area contributed by atoms with Gasteiger partial charge in [0.2, 0.25) is 0 Å². The Morgan fingerprint density at radius 2 is 2.15 bits per heavy atom. The van der Waals surface area contributed by atoms with Gasteiger partial charge >= 0.3 is 0 Å². The Bertz CT molecular complexity index is 475. The van der Waals surface area contributed by atoms with Gasteiger partial charge in [0.1, 0.15) is 5.78 Å². The zero-order valence-electron chi connectivity index (χ0n) is 12.7. The largest absolute Gasteiger partial charge is 0.299 e. The van der Waals surface area contributed by atoms with Gasteiger partial charge < -0.3 is 0 Å². The van der Waals surface area contributed by atoms with Crippen LogP contribution in [-0.4, -0.2) is 15.6 Å². The van der Waals surface area contributed by atoms with E-state index in [1.54, 1.807) is 0 Å². The number of carbonyl (C=O) groups is 1. The van der Waals surface area contributed by atoms with Crippen molar-refractivity contribution in [2.75, 3.05) is 0 Å². The number of rotatable bonds is 6. The first-order valence-electron chi connectivity index (χ1n) is 8.28. The van der Waals surface area contributed by atoms with Crippen LogP contribution >= 0.6 is 0 Å². The van der Waals surface area contributed by atoms with Crippen LogP contribution in [0.3, 0.4) is 0 Å². The smallest absolute Gasteiger partial charge is 0.142 e. The van der Waals surface area contributed by atoms with E-state index in [0.717, 1.165) is 30.9 Å². The van der Waals surface area contributed by atoms with Gasteiger partial charge in [-0.15, -0.1) is 0 Å². The molecule has 3 atom stereocenters. The van der Waals surface area contributed by atoms with Crippen molar-refractivity contribution < 1.29 is 4.79 Å². The van der Waals surface area contributed by atoms with Gasteiger partial charge in [0.25, 0.3) is 0 Å². The third-order valence-electron chi connectivity index (χ3n) is 5.49. The highest BCUT2D eigenvalue weighted by molar-refractivity contribution is 5.83. The molecule has 0 amide bonds. The number of ketones is 1. The lowest BCUT2D eigenvalue weighted by molar-refractivity contribution is -0.123. The molecule has 3 rings (SSSR count). The second-order valence-electron chi connectivity index (χ2n) is 6.68. The molecule has 2 aliphatic carbocycles. The summed E-state index contributed by atoms with van der Waals surface area (Å²) in [7, 11) is 0. The van der Waals surface area contributed by atoms with Crippen molar-refractivity contribution in [2.24, 2.45) is 17.8 Å². The van der Waals surface area contributed by atoms with Crippen LogP contribution in [0, 0.1) is 17.8 Å². The third kappa shape index (κ3) is 2.55. The summed E-state index contributed by atoms with van der Waals surface area (Å²) in [5, 5.41) is 4.62. The fourth-order valence-electron chi connectivity index (χ4n) is 4.29. The normalized spacial score (nSPS) is 28.4. The van der Waals surface area contributed by atoms with Gasteiger partial charge in [-0.3, -0.25) is 9.48 Å². The number of hydrogen-bond donors (Lipinski definition) is 0. The van der Waals surface area contributed by atoms with E-state index >= 15 is 0 Å². The van der Waals surface area contributed by atoms with Crippen LogP contribution < -0.4 is 0 Å². The average molecular weight is 274 g/mol. The van der Waals surface area contributed by atoms with E-state index in [0.29, 0.717) is 30.1 Å². The molecule has 20 heavy (non-hydrogen) atoms. The SMILES string of the molecule is CCC(CC)n1ccc(CC(=O)C2CC3CCC2C3)n1. The zero-order valence-corrected chi connectivity index (χ0v) is 12.7. The highest BCUT2D eigenvalue weighted by Gasteiger charge is 2.42. The molecule has 0 radical (unpaired) electrons. The highest BCUT2D eigenvalue weighted by atomic mass is 16.1. The molecule has 2 fully saturated rings. The minimum Gasteiger partial charge on any atom is -0.299 e. The van der Waals surface area contributed by atoms with Crippen molar-refractivity contribution in [2.45, 2.75) is 64.8 Å². The van der Waals surface area contributed by atoms with E-state index in [9.17, 15) is 4.79 Å². The molecule has 3 unspecified atom stereocenters. The van der Waals surface area contributed by atoms with Crippen molar-refractivity contribution >= 4 is 5.78 Å². The van der Waals surface area contributed by atoms with Crippen LogP contribution in [0.25, 0.3) is 0 Å². The molecule has 0 aromatic carbocycles. The Kier molecular flexibility index (Phi) is 3.95. The van der Waals surface area contributed by atoms with E-state index < -0.39 is 0 Å². The Morgan fingerprint density at radius 3 is 2.75 bits per heavy atom. The van der Waals surface area contributed by atoms with Gasteiger partial charge in [0.15, 0.2) is 0 Å². The van der Waals surface area contributed by atoms with Crippen LogP contribution in [0.2, 0.25) is 0 Å². The predicted octanol–water partition coefficient (Wildman–Crippen LogP) is 3.79. The van der Waals surface area contributed by atoms with Crippen molar-refractivity contribution in [3.05, 3.63) is 18.0 Å². The standard InChI is InChI=1S/C17H26N2O/c1-3-15(4-2)19-8-7-14(18-19)11-17(20)16-10-12-5-6-13(16)9-12/h7-8,12-13,15-16H,3-6,9-11H2,1-2H3. The number of carbonyl (C=O) groups excluding carboxylic acids is 1. The van der Waals surface area contributed by atoms with E-state index in [2.05, 4.69) is 18.9 Å². The van der Waals surface area contributed by atoms with Gasteiger partial charge in [-0.1, -0.05) is 20.3 Å². The monoisotopic (exact) mass is 274 g/mol. The first-order valence-corrected chi connectivity index (χ1v) is 8.28. The molecule has 1 aromatic heterocycles. The second-order valence-corrected chi connectivity index (χ2v) is 6.68. The quantitative estimate of drug-likeness (QED) is 0.791. The van der Waals surface area contributed by atoms with E-state index in [-0.39, 0.29) is 0 Å². The third-order valence-corrected chi connectivity index (χ3v) is 5.49. The van der Waals surface area contributed by atoms with Crippen LogP contribution in [-0.2, 0) is 11.2 Å². The molecule has 2 aliphatic rings. The first-order chi connectivity index (χ1) is 9.71. The minimum atomic E-state index is 0.340. The molecule has 110 valence electrons. The summed E-state index contributed by atoms with van der Waals surface area (Å²) in [5.41, 5.74) is 0.963. The summed E-state index contributed by atoms with van der Waals surface area (Å²) in [6.07, 6.45) is 9.87. The van der Waals surface area contributed by atoms with Crippen LogP contribution in [0.4, 0.5) is 0 Å². The average Bonchev–Trinajstić information content (AvgIpc) is 3.16. The van der Waals surface area contributed by atoms with E-state index in [1.807, 2.05) is 16.9 Å². The lowest BCUT2D eigenvalue weighted by Crippen LogP contribution is -2.22. The Balaban J connectivity index is 1.62. The Hall–Kier alpha value is -1.12. The van der Waals surface area contributed by atoms with Crippen molar-refractivity contribution in [1.29, 1.82) is 0 Å². The van der Waals surface area contributed by atoms with Crippen molar-refractivity contribution in [1.82, 2.24) is 9.78 Å². The summed E-state index contributed by atoms with van der Waals surface area (Å²) < 4.78 is 2.05. The summed E-state index contributed by atoms with van der Waals surface area (Å²) in [5.74, 6) is 2.31. The first kappa shape index (κ1) is 13.8. The van der Waals surface area contributed by atoms with Crippen LogP contribution in [0.15, 0.2) is 12.3 Å². The Morgan fingerprint density at radius 1 is 1.35 bits per heavy atom. The molecule has 1 heterocycles. The minimum absolute atomic E-state index is 0.340. The van der Waals surface area contributed by atoms with Crippen molar-refractivity contribution in [3.63, 3.8) is 0 Å². The molecular weight excluding hydrogens is 248 g/mol. The molecule has 2 bridgehead atoms. The van der Waals surface area contributed by atoms with Crippen LogP contribution in [0.1, 0.15) is 64.1 Å². The maximum absolute atomic E-state index is 12.5. The molecule has 3 nitrogen and oxygen atoms in total. The summed E-state index contributed by atoms with van der Waals surface area (Å²) in [6.45, 7) is 4.38. The Labute approximate surface area is 121 Å². The fourth-order valence-corrected chi connectivity index (χ4v) is 4.29. The number of nitrogens with zero attached hydrogens (tertiary/aromatic N) is 2. The molecule has 0 aliphatic heterocycles. The molecular formula is C17H26N2O. The maximum atomic E-state index is 12.5. The molecule has 0 saturated heterocycles.